The fourth-order valence-corrected chi connectivity index (χ4v) is 2.36. The standard InChI is InChI=1S/C9H10N2O4S.ClH/c10-9(14,15)3-4-1-2-5(12)6-7(4)16-8(13)11-6;/h1-2,12,14-15H,3,10H2,(H,11,13);1H. The number of thiazole rings is 1. The van der Waals surface area contributed by atoms with Crippen molar-refractivity contribution >= 4 is 34.0 Å². The Balaban J connectivity index is 0.00000144. The van der Waals surface area contributed by atoms with Crippen LogP contribution in [0.25, 0.3) is 10.2 Å². The molecular formula is C9H11ClN2O4S. The van der Waals surface area contributed by atoms with Gasteiger partial charge in [0.2, 0.25) is 5.91 Å². The number of aromatic amines is 1. The molecule has 2 aromatic rings. The van der Waals surface area contributed by atoms with Crippen LogP contribution in [-0.4, -0.2) is 26.2 Å². The minimum absolute atomic E-state index is 0. The number of hydrogen-bond donors (Lipinski definition) is 5. The number of halogens is 1. The van der Waals surface area contributed by atoms with Crippen molar-refractivity contribution in [2.75, 3.05) is 0 Å². The van der Waals surface area contributed by atoms with Gasteiger partial charge in [0, 0.05) is 6.42 Å². The van der Waals surface area contributed by atoms with Crippen LogP contribution in [0, 0.1) is 0 Å². The smallest absolute Gasteiger partial charge is 0.305 e. The van der Waals surface area contributed by atoms with Gasteiger partial charge < -0.3 is 20.3 Å². The van der Waals surface area contributed by atoms with Gasteiger partial charge in [-0.05, 0) is 11.6 Å². The van der Waals surface area contributed by atoms with Crippen molar-refractivity contribution in [3.05, 3.63) is 27.4 Å². The summed E-state index contributed by atoms with van der Waals surface area (Å²) in [4.78, 5) is 13.3. The van der Waals surface area contributed by atoms with E-state index in [-0.39, 0.29) is 35.0 Å². The molecule has 6 N–H and O–H groups in total. The lowest BCUT2D eigenvalue weighted by atomic mass is 10.1. The number of H-pyrrole nitrogens is 1. The Morgan fingerprint density at radius 1 is 1.41 bits per heavy atom. The molecular weight excluding hydrogens is 268 g/mol. The Morgan fingerprint density at radius 3 is 2.65 bits per heavy atom. The summed E-state index contributed by atoms with van der Waals surface area (Å²) in [6.45, 7) is 0. The first-order chi connectivity index (χ1) is 7.37. The minimum atomic E-state index is -2.34. The minimum Gasteiger partial charge on any atom is -0.506 e. The normalized spacial score (nSPS) is 11.5. The number of rotatable bonds is 2. The van der Waals surface area contributed by atoms with Gasteiger partial charge in [-0.15, -0.1) is 12.4 Å². The summed E-state index contributed by atoms with van der Waals surface area (Å²) in [6.07, 6.45) is -0.225. The van der Waals surface area contributed by atoms with Gasteiger partial charge in [-0.25, -0.2) is 0 Å². The first-order valence-electron chi connectivity index (χ1n) is 4.44. The number of aromatic hydroxyl groups is 1. The second-order valence-corrected chi connectivity index (χ2v) is 4.50. The molecule has 0 unspecified atom stereocenters. The molecule has 17 heavy (non-hydrogen) atoms. The predicted molar refractivity (Wildman–Crippen MR) is 66.4 cm³/mol. The zero-order chi connectivity index (χ0) is 11.9. The highest BCUT2D eigenvalue weighted by Crippen LogP contribution is 2.28. The van der Waals surface area contributed by atoms with E-state index in [0.717, 1.165) is 11.3 Å². The molecule has 8 heteroatoms. The molecule has 6 nitrogen and oxygen atoms in total. The molecule has 0 aliphatic heterocycles. The zero-order valence-electron chi connectivity index (χ0n) is 8.51. The molecule has 2 rings (SSSR count). The van der Waals surface area contributed by atoms with E-state index in [1.54, 1.807) is 0 Å². The Labute approximate surface area is 106 Å². The topological polar surface area (TPSA) is 120 Å². The summed E-state index contributed by atoms with van der Waals surface area (Å²) < 4.78 is 0.475. The summed E-state index contributed by atoms with van der Waals surface area (Å²) in [7, 11) is 0. The molecule has 0 atom stereocenters. The molecule has 0 aliphatic rings. The van der Waals surface area contributed by atoms with Crippen LogP contribution >= 0.6 is 23.7 Å². The molecule has 0 fully saturated rings. The van der Waals surface area contributed by atoms with E-state index in [1.807, 2.05) is 0 Å². The maximum atomic E-state index is 11.2. The number of benzene rings is 1. The lowest BCUT2D eigenvalue weighted by Crippen LogP contribution is -2.41. The van der Waals surface area contributed by atoms with Crippen LogP contribution in [0.15, 0.2) is 16.9 Å². The van der Waals surface area contributed by atoms with E-state index in [1.165, 1.54) is 12.1 Å². The van der Waals surface area contributed by atoms with Crippen molar-refractivity contribution in [3.63, 3.8) is 0 Å². The van der Waals surface area contributed by atoms with Gasteiger partial charge in [-0.2, -0.15) is 0 Å². The van der Waals surface area contributed by atoms with Gasteiger partial charge >= 0.3 is 4.87 Å². The predicted octanol–water partition coefficient (Wildman–Crippen LogP) is -0.143. The van der Waals surface area contributed by atoms with E-state index in [0.29, 0.717) is 10.3 Å². The summed E-state index contributed by atoms with van der Waals surface area (Å²) in [5.41, 5.74) is 5.85. The van der Waals surface area contributed by atoms with Crippen molar-refractivity contribution < 1.29 is 15.3 Å². The average molecular weight is 279 g/mol. The van der Waals surface area contributed by atoms with Crippen molar-refractivity contribution in [1.82, 2.24) is 4.98 Å². The highest BCUT2D eigenvalue weighted by atomic mass is 35.5. The molecule has 94 valence electrons. The van der Waals surface area contributed by atoms with E-state index < -0.39 is 5.91 Å². The van der Waals surface area contributed by atoms with Gasteiger partial charge in [0.05, 0.1) is 4.70 Å². The SMILES string of the molecule is Cl.NC(O)(O)Cc1ccc(O)c2[nH]c(=O)sc12. The van der Waals surface area contributed by atoms with E-state index in [4.69, 9.17) is 15.9 Å². The number of hydrogen-bond acceptors (Lipinski definition) is 6. The maximum Gasteiger partial charge on any atom is 0.305 e. The van der Waals surface area contributed by atoms with Gasteiger partial charge in [0.1, 0.15) is 11.3 Å². The quantitative estimate of drug-likeness (QED) is 0.490. The molecule has 0 radical (unpaired) electrons. The molecule has 1 heterocycles. The fraction of sp³-hybridized carbons (Fsp3) is 0.222. The Bertz CT molecular complexity index is 587. The molecule has 0 aliphatic carbocycles. The number of fused-ring (bicyclic) bond motifs is 1. The van der Waals surface area contributed by atoms with Crippen LogP contribution in [-0.2, 0) is 6.42 Å². The molecule has 0 amide bonds. The van der Waals surface area contributed by atoms with Crippen molar-refractivity contribution in [1.29, 1.82) is 0 Å². The van der Waals surface area contributed by atoms with Crippen LogP contribution in [0.3, 0.4) is 0 Å². The second kappa shape index (κ2) is 4.63. The Kier molecular flexibility index (Phi) is 3.80. The summed E-state index contributed by atoms with van der Waals surface area (Å²) >= 11 is 0.885. The molecule has 0 saturated carbocycles. The summed E-state index contributed by atoms with van der Waals surface area (Å²) in [5, 5.41) is 27.7. The second-order valence-electron chi connectivity index (χ2n) is 3.52. The first-order valence-corrected chi connectivity index (χ1v) is 5.26. The fourth-order valence-electron chi connectivity index (χ4n) is 1.49. The van der Waals surface area contributed by atoms with Gasteiger partial charge in [-0.1, -0.05) is 17.4 Å². The first kappa shape index (κ1) is 13.9. The van der Waals surface area contributed by atoms with Crippen LogP contribution in [0.1, 0.15) is 5.56 Å². The van der Waals surface area contributed by atoms with Gasteiger partial charge in [0.25, 0.3) is 0 Å². The number of aromatic nitrogens is 1. The van der Waals surface area contributed by atoms with Crippen LogP contribution in [0.2, 0.25) is 0 Å². The Hall–Kier alpha value is -1.12. The number of nitrogens with one attached hydrogen (secondary N) is 1. The third-order valence-corrected chi connectivity index (χ3v) is 3.05. The number of nitrogens with two attached hydrogens (primary N) is 1. The van der Waals surface area contributed by atoms with E-state index >= 15 is 0 Å². The highest BCUT2D eigenvalue weighted by molar-refractivity contribution is 7.16. The Morgan fingerprint density at radius 2 is 2.06 bits per heavy atom. The van der Waals surface area contributed by atoms with Crippen molar-refractivity contribution in [3.8, 4) is 5.75 Å². The molecule has 0 bridgehead atoms. The number of phenols is 1. The third-order valence-electron chi connectivity index (χ3n) is 2.09. The van der Waals surface area contributed by atoms with E-state index in [9.17, 15) is 9.90 Å². The molecule has 1 aromatic heterocycles. The van der Waals surface area contributed by atoms with E-state index in [2.05, 4.69) is 4.98 Å². The number of phenolic OH excluding ortho intramolecular Hbond substituents is 1. The summed E-state index contributed by atoms with van der Waals surface area (Å²) in [5.74, 6) is -2.40. The van der Waals surface area contributed by atoms with Crippen LogP contribution in [0.4, 0.5) is 0 Å². The maximum absolute atomic E-state index is 11.2. The largest absolute Gasteiger partial charge is 0.506 e. The van der Waals surface area contributed by atoms with Crippen LogP contribution in [0.5, 0.6) is 5.75 Å². The third kappa shape index (κ3) is 2.96. The van der Waals surface area contributed by atoms with Crippen molar-refractivity contribution in [2.24, 2.45) is 5.73 Å². The van der Waals surface area contributed by atoms with Gasteiger partial charge in [0.15, 0.2) is 0 Å². The van der Waals surface area contributed by atoms with Gasteiger partial charge in [-0.3, -0.25) is 10.5 Å². The lowest BCUT2D eigenvalue weighted by Gasteiger charge is -2.15. The monoisotopic (exact) mass is 278 g/mol. The highest BCUT2D eigenvalue weighted by Gasteiger charge is 2.20. The zero-order valence-corrected chi connectivity index (χ0v) is 10.1. The number of aliphatic hydroxyl groups is 2. The molecule has 0 spiro atoms. The van der Waals surface area contributed by atoms with Crippen LogP contribution < -0.4 is 10.6 Å². The lowest BCUT2D eigenvalue weighted by molar-refractivity contribution is -0.153. The van der Waals surface area contributed by atoms with Crippen molar-refractivity contribution in [2.45, 2.75) is 12.3 Å². The molecule has 1 aromatic carbocycles. The average Bonchev–Trinajstić information content (AvgIpc) is 2.51. The summed E-state index contributed by atoms with van der Waals surface area (Å²) in [6, 6.07) is 2.86. The molecule has 0 saturated heterocycles.